The van der Waals surface area contributed by atoms with Crippen molar-refractivity contribution in [3.63, 3.8) is 0 Å². The first-order chi connectivity index (χ1) is 12.0. The van der Waals surface area contributed by atoms with Gasteiger partial charge in [-0.15, -0.1) is 0 Å². The second-order valence-electron chi connectivity index (χ2n) is 5.09. The van der Waals surface area contributed by atoms with E-state index in [1.807, 2.05) is 0 Å². The number of nitrogens with zero attached hydrogens (tertiary/aromatic N) is 1. The normalized spacial score (nSPS) is 12.5. The maximum atomic E-state index is 12.8. The molecule has 0 aliphatic rings. The van der Waals surface area contributed by atoms with Gasteiger partial charge in [0.25, 0.3) is 10.1 Å². The highest BCUT2D eigenvalue weighted by molar-refractivity contribution is 7.86. The van der Waals surface area contributed by atoms with Crippen molar-refractivity contribution in [1.29, 1.82) is 0 Å². The van der Waals surface area contributed by atoms with Crippen LogP contribution in [0.15, 0.2) is 40.7 Å². The lowest BCUT2D eigenvalue weighted by atomic mass is 10.1. The lowest BCUT2D eigenvalue weighted by molar-refractivity contribution is -0.664. The van der Waals surface area contributed by atoms with Crippen LogP contribution in [-0.2, 0) is 20.8 Å². The highest BCUT2D eigenvalue weighted by Gasteiger charge is 2.42. The van der Waals surface area contributed by atoms with Crippen LogP contribution in [0.3, 0.4) is 0 Å². The molecule has 6 nitrogen and oxygen atoms in total. The number of carbonyl (C=O) groups is 1. The maximum absolute atomic E-state index is 12.8. The van der Waals surface area contributed by atoms with Gasteiger partial charge in [-0.1, -0.05) is 11.3 Å². The smallest absolute Gasteiger partial charge is 0.290 e. The van der Waals surface area contributed by atoms with Gasteiger partial charge in [0.15, 0.2) is 6.54 Å². The van der Waals surface area contributed by atoms with Crippen LogP contribution in [0.1, 0.15) is 10.4 Å². The number of alkyl halides is 4. The number of thiazole rings is 1. The number of hydrogen-bond acceptors (Lipinski definition) is 6. The molecule has 0 bridgehead atoms. The fourth-order valence-electron chi connectivity index (χ4n) is 1.79. The summed E-state index contributed by atoms with van der Waals surface area (Å²) in [7, 11) is -4.67. The van der Waals surface area contributed by atoms with Gasteiger partial charge in [0.05, 0.1) is 4.90 Å². The minimum atomic E-state index is -4.67. The first-order valence-corrected chi connectivity index (χ1v) is 9.23. The van der Waals surface area contributed by atoms with E-state index < -0.39 is 34.0 Å². The number of Topliss-reactive ketones (excluding diaryl/α,β-unsaturated/α-hetero) is 1. The van der Waals surface area contributed by atoms with E-state index in [0.29, 0.717) is 5.13 Å². The molecule has 142 valence electrons. The van der Waals surface area contributed by atoms with E-state index in [1.54, 1.807) is 11.6 Å². The summed E-state index contributed by atoms with van der Waals surface area (Å²) < 4.78 is 78.7. The van der Waals surface area contributed by atoms with Crippen LogP contribution in [-0.4, -0.2) is 33.2 Å². The highest BCUT2D eigenvalue weighted by Crippen LogP contribution is 2.25. The van der Waals surface area contributed by atoms with Gasteiger partial charge in [0, 0.05) is 10.9 Å². The van der Waals surface area contributed by atoms with Crippen molar-refractivity contribution in [1.82, 2.24) is 0 Å². The zero-order valence-corrected chi connectivity index (χ0v) is 14.6. The topological polar surface area (TPSA) is 90.3 Å². The summed E-state index contributed by atoms with van der Waals surface area (Å²) in [6.45, 7) is -2.06. The van der Waals surface area contributed by atoms with Gasteiger partial charge in [-0.2, -0.15) is 17.2 Å². The van der Waals surface area contributed by atoms with Crippen LogP contribution in [0.25, 0.3) is 0 Å². The Morgan fingerprint density at radius 2 is 1.88 bits per heavy atom. The molecule has 0 spiro atoms. The van der Waals surface area contributed by atoms with Crippen molar-refractivity contribution in [3.8, 4) is 0 Å². The number of ketones is 1. The molecule has 0 aliphatic heterocycles. The van der Waals surface area contributed by atoms with Crippen LogP contribution in [0.4, 0.5) is 22.7 Å². The monoisotopic (exact) mass is 413 g/mol. The molecule has 0 saturated heterocycles. The summed E-state index contributed by atoms with van der Waals surface area (Å²) in [6.07, 6.45) is -2.45. The molecule has 2 N–H and O–H groups in total. The number of hydrogen-bond donors (Lipinski definition) is 1. The third-order valence-corrected chi connectivity index (χ3v) is 5.23. The number of benzene rings is 1. The van der Waals surface area contributed by atoms with E-state index in [9.17, 15) is 30.8 Å². The summed E-state index contributed by atoms with van der Waals surface area (Å²) in [6, 6.07) is 4.25. The first-order valence-electron chi connectivity index (χ1n) is 6.94. The van der Waals surface area contributed by atoms with Crippen LogP contribution in [0.2, 0.25) is 0 Å². The number of nitrogens with two attached hydrogens (primary N) is 1. The number of nitrogen functional groups attached to an aromatic ring is 1. The summed E-state index contributed by atoms with van der Waals surface area (Å²) in [5.74, 6) is -4.96. The molecule has 0 amide bonds. The maximum Gasteiger partial charge on any atom is 0.332 e. The van der Waals surface area contributed by atoms with Gasteiger partial charge in [0.2, 0.25) is 5.78 Å². The SMILES string of the molecule is Nc1scc[n+]1CC(=O)c1ccc(S(=O)(=O)OCC(F)(F)C(F)F)cc1. The van der Waals surface area contributed by atoms with E-state index in [4.69, 9.17) is 5.73 Å². The van der Waals surface area contributed by atoms with Crippen molar-refractivity contribution in [2.75, 3.05) is 12.3 Å². The van der Waals surface area contributed by atoms with Gasteiger partial charge in [0.1, 0.15) is 12.8 Å². The summed E-state index contributed by atoms with van der Waals surface area (Å²) in [5, 5.41) is 2.09. The molecular weight excluding hydrogens is 400 g/mol. The van der Waals surface area contributed by atoms with Crippen molar-refractivity contribution in [2.24, 2.45) is 0 Å². The fourth-order valence-corrected chi connectivity index (χ4v) is 3.31. The molecule has 0 atom stereocenters. The molecule has 0 aliphatic carbocycles. The molecule has 1 aromatic carbocycles. The third kappa shape index (κ3) is 4.77. The van der Waals surface area contributed by atoms with Gasteiger partial charge >= 0.3 is 17.5 Å². The average Bonchev–Trinajstić information content (AvgIpc) is 2.98. The van der Waals surface area contributed by atoms with Crippen LogP contribution in [0.5, 0.6) is 0 Å². The second kappa shape index (κ2) is 7.68. The molecule has 0 radical (unpaired) electrons. The van der Waals surface area contributed by atoms with E-state index >= 15 is 0 Å². The van der Waals surface area contributed by atoms with Crippen molar-refractivity contribution in [2.45, 2.75) is 23.8 Å². The molecule has 1 heterocycles. The van der Waals surface area contributed by atoms with E-state index in [-0.39, 0.29) is 17.9 Å². The zero-order valence-electron chi connectivity index (χ0n) is 12.9. The molecule has 12 heteroatoms. The van der Waals surface area contributed by atoms with E-state index in [2.05, 4.69) is 4.18 Å². The summed E-state index contributed by atoms with van der Waals surface area (Å²) in [4.78, 5) is 11.6. The largest absolute Gasteiger partial charge is 0.332 e. The predicted octanol–water partition coefficient (Wildman–Crippen LogP) is 2.11. The van der Waals surface area contributed by atoms with Crippen molar-refractivity contribution < 1.29 is 39.5 Å². The fraction of sp³-hybridized carbons (Fsp3) is 0.286. The van der Waals surface area contributed by atoms with Gasteiger partial charge in [-0.05, 0) is 24.3 Å². The minimum absolute atomic E-state index is 0.0709. The minimum Gasteiger partial charge on any atom is -0.290 e. The predicted molar refractivity (Wildman–Crippen MR) is 83.8 cm³/mol. The highest BCUT2D eigenvalue weighted by atomic mass is 32.2. The van der Waals surface area contributed by atoms with Crippen molar-refractivity contribution in [3.05, 3.63) is 41.4 Å². The van der Waals surface area contributed by atoms with Crippen LogP contribution >= 0.6 is 11.3 Å². The Balaban J connectivity index is 2.08. The van der Waals surface area contributed by atoms with Crippen molar-refractivity contribution >= 4 is 32.4 Å². The summed E-state index contributed by atoms with van der Waals surface area (Å²) in [5.41, 5.74) is 5.81. The number of anilines is 1. The molecule has 0 saturated carbocycles. The molecule has 1 aromatic heterocycles. The standard InChI is InChI=1S/C14H12F4N2O4S2/c15-12(16)14(17,18)8-24-26(22,23)10-3-1-9(2-4-10)11(21)7-20-5-6-25-13(20)19/h1-6,12,19H,7-8H2/p+1. The third-order valence-electron chi connectivity index (χ3n) is 3.22. The average molecular weight is 413 g/mol. The molecule has 26 heavy (non-hydrogen) atoms. The number of halogens is 4. The molecule has 2 rings (SSSR count). The Morgan fingerprint density at radius 1 is 1.27 bits per heavy atom. The van der Waals surface area contributed by atoms with Crippen LogP contribution < -0.4 is 10.3 Å². The molecule has 0 fully saturated rings. The second-order valence-corrected chi connectivity index (χ2v) is 7.64. The Morgan fingerprint density at radius 3 is 2.38 bits per heavy atom. The van der Waals surface area contributed by atoms with Crippen LogP contribution in [0, 0.1) is 0 Å². The van der Waals surface area contributed by atoms with E-state index in [1.165, 1.54) is 15.9 Å². The van der Waals surface area contributed by atoms with Gasteiger partial charge < -0.3 is 0 Å². The zero-order chi connectivity index (χ0) is 19.5. The molecule has 0 unspecified atom stereocenters. The Bertz CT molecular complexity index is 883. The van der Waals surface area contributed by atoms with Gasteiger partial charge in [-0.3, -0.25) is 14.7 Å². The molecular formula is C14H13F4N2O4S2+. The first kappa shape index (κ1) is 20.3. The Labute approximate surface area is 149 Å². The Kier molecular flexibility index (Phi) is 5.98. The van der Waals surface area contributed by atoms with Gasteiger partial charge in [-0.25, -0.2) is 13.3 Å². The Hall–Kier alpha value is -2.05. The summed E-state index contributed by atoms with van der Waals surface area (Å²) >= 11 is 1.23. The number of rotatable bonds is 8. The molecule has 2 aromatic rings. The number of aromatic nitrogens is 1. The number of carbonyl (C=O) groups excluding carboxylic acids is 1. The quantitative estimate of drug-likeness (QED) is 0.310. The van der Waals surface area contributed by atoms with E-state index in [0.717, 1.165) is 24.3 Å². The lowest BCUT2D eigenvalue weighted by Crippen LogP contribution is -2.38. The lowest BCUT2D eigenvalue weighted by Gasteiger charge is -2.15.